The van der Waals surface area contributed by atoms with Gasteiger partial charge in [-0.3, -0.25) is 4.79 Å². The van der Waals surface area contributed by atoms with Crippen LogP contribution in [0, 0.1) is 46.3 Å². The third-order valence-electron chi connectivity index (χ3n) is 13.6. The van der Waals surface area contributed by atoms with Crippen molar-refractivity contribution < 1.29 is 9.53 Å². The normalized spacial score (nSPS) is 32.9. The molecule has 2 heteroatoms. The van der Waals surface area contributed by atoms with Gasteiger partial charge in [0.15, 0.2) is 0 Å². The third-order valence-corrected chi connectivity index (χ3v) is 13.6. The Morgan fingerprint density at radius 1 is 0.830 bits per heavy atom. The molecular formula is C45H74O2. The first-order valence-electron chi connectivity index (χ1n) is 20.5. The number of carbonyl (C=O) groups excluding carboxylic acids is 1. The van der Waals surface area contributed by atoms with Gasteiger partial charge in [0, 0.05) is 12.8 Å². The van der Waals surface area contributed by atoms with Gasteiger partial charge in [-0.25, -0.2) is 0 Å². The molecule has 0 radical (unpaired) electrons. The number of fused-ring (bicyclic) bond motifs is 5. The molecule has 8 atom stereocenters. The molecule has 0 N–H and O–H groups in total. The molecule has 266 valence electrons. The number of rotatable bonds is 19. The Morgan fingerprint density at radius 2 is 1.53 bits per heavy atom. The predicted octanol–water partition coefficient (Wildman–Crippen LogP) is 13.5. The summed E-state index contributed by atoms with van der Waals surface area (Å²) in [5.74, 6) is 5.25. The van der Waals surface area contributed by atoms with Crippen LogP contribution in [0.1, 0.15) is 176 Å². The second kappa shape index (κ2) is 19.0. The van der Waals surface area contributed by atoms with Crippen LogP contribution in [0.25, 0.3) is 0 Å². The van der Waals surface area contributed by atoms with Crippen molar-refractivity contribution in [2.45, 2.75) is 182 Å². The fourth-order valence-electron chi connectivity index (χ4n) is 10.8. The average Bonchev–Trinajstić information content (AvgIpc) is 3.40. The minimum Gasteiger partial charge on any atom is -0.462 e. The quantitative estimate of drug-likeness (QED) is 0.0793. The fourth-order valence-corrected chi connectivity index (χ4v) is 10.8. The van der Waals surface area contributed by atoms with Crippen LogP contribution < -0.4 is 0 Å². The second-order valence-electron chi connectivity index (χ2n) is 17.3. The van der Waals surface area contributed by atoms with Gasteiger partial charge in [-0.2, -0.15) is 0 Å². The van der Waals surface area contributed by atoms with Crippen LogP contribution in [0.3, 0.4) is 0 Å². The monoisotopic (exact) mass is 647 g/mol. The number of allylic oxidation sites excluding steroid dienone is 7. The minimum absolute atomic E-state index is 0.0236. The third kappa shape index (κ3) is 10.5. The molecule has 4 rings (SSSR count). The van der Waals surface area contributed by atoms with Crippen LogP contribution in [0.15, 0.2) is 48.1 Å². The summed E-state index contributed by atoms with van der Waals surface area (Å²) in [6.07, 6.45) is 41.7. The number of esters is 1. The molecule has 0 saturated heterocycles. The molecule has 3 fully saturated rings. The van der Waals surface area contributed by atoms with Crippen molar-refractivity contribution in [2.24, 2.45) is 46.3 Å². The van der Waals surface area contributed by atoms with Crippen LogP contribution in [-0.4, -0.2) is 12.1 Å². The first-order chi connectivity index (χ1) is 22.7. The summed E-state index contributed by atoms with van der Waals surface area (Å²) in [4.78, 5) is 12.8. The standard InChI is InChI=1S/C45H74O2/c1-7-8-9-10-11-12-13-14-15-16-17-18-19-20-21-25-43(46)47-38-30-32-44(5)37(34-38)26-27-39-41-29-28-40(36(4)24-22-23-35(2)3)45(41,6)33-31-42(39)44/h11-12,14-15,17-18,26,35-36,38-42H,7-10,13,16,19-25,27-34H2,1-6H3/t36-,38+,39+,40-,41+,42+,44+,45-/m1/s1. The molecule has 0 amide bonds. The van der Waals surface area contributed by atoms with Crippen molar-refractivity contribution in [1.29, 1.82) is 0 Å². The van der Waals surface area contributed by atoms with Gasteiger partial charge in [0.25, 0.3) is 0 Å². The van der Waals surface area contributed by atoms with Crippen LogP contribution in [0.2, 0.25) is 0 Å². The van der Waals surface area contributed by atoms with E-state index >= 15 is 0 Å². The smallest absolute Gasteiger partial charge is 0.306 e. The first-order valence-corrected chi connectivity index (χ1v) is 20.5. The summed E-state index contributed by atoms with van der Waals surface area (Å²) < 4.78 is 6.10. The Kier molecular flexibility index (Phi) is 15.4. The van der Waals surface area contributed by atoms with E-state index in [0.717, 1.165) is 80.5 Å². The van der Waals surface area contributed by atoms with Crippen molar-refractivity contribution >= 4 is 5.97 Å². The van der Waals surface area contributed by atoms with Gasteiger partial charge in [-0.15, -0.1) is 0 Å². The Labute approximate surface area is 291 Å². The van der Waals surface area contributed by atoms with E-state index in [4.69, 9.17) is 4.74 Å². The zero-order chi connectivity index (χ0) is 33.7. The van der Waals surface area contributed by atoms with Gasteiger partial charge in [-0.05, 0) is 136 Å². The van der Waals surface area contributed by atoms with Gasteiger partial charge in [-0.1, -0.05) is 122 Å². The molecule has 3 saturated carbocycles. The van der Waals surface area contributed by atoms with Crippen LogP contribution in [0.4, 0.5) is 0 Å². The Hall–Kier alpha value is -1.57. The van der Waals surface area contributed by atoms with E-state index in [9.17, 15) is 4.79 Å². The zero-order valence-electron chi connectivity index (χ0n) is 31.7. The van der Waals surface area contributed by atoms with E-state index in [1.165, 1.54) is 83.5 Å². The van der Waals surface area contributed by atoms with E-state index in [1.807, 2.05) is 0 Å². The molecule has 4 aliphatic rings. The summed E-state index contributed by atoms with van der Waals surface area (Å²) in [7, 11) is 0. The van der Waals surface area contributed by atoms with Gasteiger partial charge in [0.05, 0.1) is 0 Å². The maximum Gasteiger partial charge on any atom is 0.306 e. The molecule has 0 spiro atoms. The molecular weight excluding hydrogens is 572 g/mol. The molecule has 0 aliphatic heterocycles. The SMILES string of the molecule is CCCCCC=CCC=CCC=CCCCCC(=O)O[C@H]1CC[C@@]2(C)C(=CC[C@H]3[C@@H]4CC[C@H]([C@H](C)CCCC(C)C)[C@@]4(C)CC[C@@H]32)C1. The molecule has 0 aromatic heterocycles. The summed E-state index contributed by atoms with van der Waals surface area (Å²) in [5, 5.41) is 0. The number of unbranched alkanes of at least 4 members (excludes halogenated alkanes) is 5. The van der Waals surface area contributed by atoms with E-state index in [-0.39, 0.29) is 12.1 Å². The highest BCUT2D eigenvalue weighted by Gasteiger charge is 2.59. The summed E-state index contributed by atoms with van der Waals surface area (Å²) in [6, 6.07) is 0. The number of carbonyl (C=O) groups is 1. The average molecular weight is 647 g/mol. The molecule has 0 heterocycles. The molecule has 47 heavy (non-hydrogen) atoms. The number of ether oxygens (including phenoxy) is 1. The topological polar surface area (TPSA) is 26.3 Å². The largest absolute Gasteiger partial charge is 0.462 e. The highest BCUT2D eigenvalue weighted by Crippen LogP contribution is 2.67. The van der Waals surface area contributed by atoms with Crippen molar-refractivity contribution in [2.75, 3.05) is 0 Å². The van der Waals surface area contributed by atoms with Crippen molar-refractivity contribution in [1.82, 2.24) is 0 Å². The molecule has 0 bridgehead atoms. The highest BCUT2D eigenvalue weighted by molar-refractivity contribution is 5.69. The molecule has 0 unspecified atom stereocenters. The molecule has 2 nitrogen and oxygen atoms in total. The zero-order valence-corrected chi connectivity index (χ0v) is 31.7. The van der Waals surface area contributed by atoms with Gasteiger partial charge in [0.1, 0.15) is 6.10 Å². The summed E-state index contributed by atoms with van der Waals surface area (Å²) >= 11 is 0. The summed E-state index contributed by atoms with van der Waals surface area (Å²) in [5.41, 5.74) is 2.50. The van der Waals surface area contributed by atoms with E-state index < -0.39 is 0 Å². The van der Waals surface area contributed by atoms with Gasteiger partial charge in [0.2, 0.25) is 0 Å². The first kappa shape index (κ1) is 38.2. The minimum atomic E-state index is 0.0236. The number of hydrogen-bond acceptors (Lipinski definition) is 2. The van der Waals surface area contributed by atoms with Crippen LogP contribution in [-0.2, 0) is 9.53 Å². The highest BCUT2D eigenvalue weighted by atomic mass is 16.5. The second-order valence-corrected chi connectivity index (χ2v) is 17.3. The van der Waals surface area contributed by atoms with E-state index in [0.29, 0.717) is 17.3 Å². The van der Waals surface area contributed by atoms with Crippen molar-refractivity contribution in [3.8, 4) is 0 Å². The Bertz CT molecular complexity index is 1060. The maximum absolute atomic E-state index is 12.8. The lowest BCUT2D eigenvalue weighted by molar-refractivity contribution is -0.151. The van der Waals surface area contributed by atoms with Crippen molar-refractivity contribution in [3.63, 3.8) is 0 Å². The number of hydrogen-bond donors (Lipinski definition) is 0. The Morgan fingerprint density at radius 3 is 2.23 bits per heavy atom. The lowest BCUT2D eigenvalue weighted by atomic mass is 9.47. The fraction of sp³-hybridized carbons (Fsp3) is 0.800. The maximum atomic E-state index is 12.8. The van der Waals surface area contributed by atoms with Gasteiger partial charge >= 0.3 is 5.97 Å². The lowest BCUT2D eigenvalue weighted by Gasteiger charge is -2.58. The molecule has 0 aromatic rings. The summed E-state index contributed by atoms with van der Waals surface area (Å²) in [6.45, 7) is 14.9. The van der Waals surface area contributed by atoms with Crippen molar-refractivity contribution in [3.05, 3.63) is 48.1 Å². The van der Waals surface area contributed by atoms with E-state index in [1.54, 1.807) is 5.57 Å². The predicted molar refractivity (Wildman–Crippen MR) is 202 cm³/mol. The lowest BCUT2D eigenvalue weighted by Crippen LogP contribution is -2.51. The molecule has 4 aliphatic carbocycles. The Balaban J connectivity index is 1.15. The van der Waals surface area contributed by atoms with Crippen LogP contribution >= 0.6 is 0 Å². The molecule has 0 aromatic carbocycles. The van der Waals surface area contributed by atoms with Crippen LogP contribution in [0.5, 0.6) is 0 Å². The van der Waals surface area contributed by atoms with Gasteiger partial charge < -0.3 is 4.74 Å². The van der Waals surface area contributed by atoms with E-state index in [2.05, 4.69) is 84.1 Å².